The molecule has 1 saturated carbocycles. The lowest BCUT2D eigenvalue weighted by Crippen LogP contribution is -2.25. The SMILES string of the molecule is CC(C)(C)C1CCC(c2ccccc2CCON)CC1. The van der Waals surface area contributed by atoms with Gasteiger partial charge < -0.3 is 4.84 Å². The summed E-state index contributed by atoms with van der Waals surface area (Å²) in [5, 5.41) is 0. The van der Waals surface area contributed by atoms with Crippen LogP contribution < -0.4 is 5.90 Å². The highest BCUT2D eigenvalue weighted by molar-refractivity contribution is 5.31. The summed E-state index contributed by atoms with van der Waals surface area (Å²) in [4.78, 5) is 4.75. The summed E-state index contributed by atoms with van der Waals surface area (Å²) in [6, 6.07) is 8.81. The minimum Gasteiger partial charge on any atom is -0.304 e. The third-order valence-electron chi connectivity index (χ3n) is 4.94. The van der Waals surface area contributed by atoms with Crippen LogP contribution in [-0.2, 0) is 11.3 Å². The van der Waals surface area contributed by atoms with E-state index in [1.54, 1.807) is 0 Å². The van der Waals surface area contributed by atoms with Crippen LogP contribution in [0.5, 0.6) is 0 Å². The van der Waals surface area contributed by atoms with E-state index in [1.807, 2.05) is 0 Å². The number of hydrogen-bond acceptors (Lipinski definition) is 2. The van der Waals surface area contributed by atoms with E-state index in [4.69, 9.17) is 10.7 Å². The van der Waals surface area contributed by atoms with Crippen LogP contribution in [0.25, 0.3) is 0 Å². The van der Waals surface area contributed by atoms with Gasteiger partial charge in [-0.3, -0.25) is 0 Å². The summed E-state index contributed by atoms with van der Waals surface area (Å²) in [5.74, 6) is 6.77. The molecule has 2 nitrogen and oxygen atoms in total. The van der Waals surface area contributed by atoms with Crippen molar-refractivity contribution in [3.8, 4) is 0 Å². The number of rotatable bonds is 4. The molecule has 0 aliphatic heterocycles. The molecular formula is C18H29NO. The van der Waals surface area contributed by atoms with Gasteiger partial charge in [0.25, 0.3) is 0 Å². The first-order valence-corrected chi connectivity index (χ1v) is 7.92. The van der Waals surface area contributed by atoms with Crippen LogP contribution in [0.2, 0.25) is 0 Å². The zero-order valence-electron chi connectivity index (χ0n) is 13.2. The minimum absolute atomic E-state index is 0.456. The molecule has 2 heteroatoms. The van der Waals surface area contributed by atoms with Crippen LogP contribution in [0.3, 0.4) is 0 Å². The Bertz CT molecular complexity index is 414. The Balaban J connectivity index is 2.03. The predicted octanol–water partition coefficient (Wildman–Crippen LogP) is 4.44. The van der Waals surface area contributed by atoms with Crippen molar-refractivity contribution in [1.29, 1.82) is 0 Å². The van der Waals surface area contributed by atoms with E-state index >= 15 is 0 Å². The quantitative estimate of drug-likeness (QED) is 0.824. The van der Waals surface area contributed by atoms with E-state index in [-0.39, 0.29) is 0 Å². The average Bonchev–Trinajstić information content (AvgIpc) is 2.45. The fraction of sp³-hybridized carbons (Fsp3) is 0.667. The van der Waals surface area contributed by atoms with E-state index in [9.17, 15) is 0 Å². The van der Waals surface area contributed by atoms with Crippen molar-refractivity contribution >= 4 is 0 Å². The first-order valence-electron chi connectivity index (χ1n) is 7.92. The van der Waals surface area contributed by atoms with Gasteiger partial charge in [-0.1, -0.05) is 45.0 Å². The maximum atomic E-state index is 5.17. The fourth-order valence-electron chi connectivity index (χ4n) is 3.60. The molecular weight excluding hydrogens is 246 g/mol. The average molecular weight is 275 g/mol. The van der Waals surface area contributed by atoms with Crippen molar-refractivity contribution in [1.82, 2.24) is 0 Å². The maximum absolute atomic E-state index is 5.17. The number of nitrogens with two attached hydrogens (primary N) is 1. The van der Waals surface area contributed by atoms with Crippen LogP contribution in [0, 0.1) is 11.3 Å². The van der Waals surface area contributed by atoms with Gasteiger partial charge in [-0.15, -0.1) is 0 Å². The van der Waals surface area contributed by atoms with Crippen molar-refractivity contribution in [3.63, 3.8) is 0 Å². The first kappa shape index (κ1) is 15.5. The molecule has 1 aromatic rings. The van der Waals surface area contributed by atoms with Gasteiger partial charge in [0.1, 0.15) is 0 Å². The second kappa shape index (κ2) is 6.73. The van der Waals surface area contributed by atoms with Gasteiger partial charge in [0.05, 0.1) is 6.61 Å². The summed E-state index contributed by atoms with van der Waals surface area (Å²) in [6.07, 6.45) is 6.28. The summed E-state index contributed by atoms with van der Waals surface area (Å²) in [5.41, 5.74) is 3.40. The number of benzene rings is 1. The van der Waals surface area contributed by atoms with Crippen molar-refractivity contribution < 1.29 is 4.84 Å². The second-order valence-corrected chi connectivity index (χ2v) is 7.23. The van der Waals surface area contributed by atoms with Crippen LogP contribution >= 0.6 is 0 Å². The monoisotopic (exact) mass is 275 g/mol. The van der Waals surface area contributed by atoms with Gasteiger partial charge in [0.15, 0.2) is 0 Å². The van der Waals surface area contributed by atoms with Crippen molar-refractivity contribution in [2.45, 2.75) is 58.8 Å². The molecule has 0 unspecified atom stereocenters. The highest BCUT2D eigenvalue weighted by atomic mass is 16.6. The molecule has 0 heterocycles. The van der Waals surface area contributed by atoms with E-state index in [0.29, 0.717) is 12.0 Å². The minimum atomic E-state index is 0.456. The molecule has 0 atom stereocenters. The third kappa shape index (κ3) is 3.83. The first-order chi connectivity index (χ1) is 9.52. The Labute approximate surface area is 123 Å². The lowest BCUT2D eigenvalue weighted by molar-refractivity contribution is 0.140. The highest BCUT2D eigenvalue weighted by Gasteiger charge is 2.30. The van der Waals surface area contributed by atoms with Crippen LogP contribution in [0.1, 0.15) is 63.5 Å². The second-order valence-electron chi connectivity index (χ2n) is 7.23. The molecule has 0 amide bonds. The maximum Gasteiger partial charge on any atom is 0.0719 e. The normalized spacial score (nSPS) is 23.8. The third-order valence-corrected chi connectivity index (χ3v) is 4.94. The van der Waals surface area contributed by atoms with Gasteiger partial charge in [-0.2, -0.15) is 0 Å². The highest BCUT2D eigenvalue weighted by Crippen LogP contribution is 2.43. The van der Waals surface area contributed by atoms with Gasteiger partial charge in [0, 0.05) is 0 Å². The Morgan fingerprint density at radius 3 is 2.35 bits per heavy atom. The predicted molar refractivity (Wildman–Crippen MR) is 84.4 cm³/mol. The topological polar surface area (TPSA) is 35.2 Å². The van der Waals surface area contributed by atoms with E-state index in [2.05, 4.69) is 45.0 Å². The summed E-state index contributed by atoms with van der Waals surface area (Å²) in [7, 11) is 0. The zero-order chi connectivity index (χ0) is 14.6. The molecule has 2 N–H and O–H groups in total. The van der Waals surface area contributed by atoms with Crippen LogP contribution in [0.15, 0.2) is 24.3 Å². The Kier molecular flexibility index (Phi) is 5.22. The van der Waals surface area contributed by atoms with Crippen LogP contribution in [-0.4, -0.2) is 6.61 Å². The van der Waals surface area contributed by atoms with Gasteiger partial charge >= 0.3 is 0 Å². The summed E-state index contributed by atoms with van der Waals surface area (Å²) >= 11 is 0. The van der Waals surface area contributed by atoms with E-state index < -0.39 is 0 Å². The molecule has 1 aromatic carbocycles. The molecule has 1 aliphatic rings. The molecule has 0 aromatic heterocycles. The summed E-state index contributed by atoms with van der Waals surface area (Å²) in [6.45, 7) is 7.74. The lowest BCUT2D eigenvalue weighted by Gasteiger charge is -2.37. The smallest absolute Gasteiger partial charge is 0.0719 e. The standard InChI is InChI=1S/C18H29NO/c1-18(2,3)16-10-8-15(9-11-16)17-7-5-4-6-14(17)12-13-20-19/h4-7,15-16H,8-13,19H2,1-3H3. The Morgan fingerprint density at radius 2 is 1.75 bits per heavy atom. The van der Waals surface area contributed by atoms with Crippen molar-refractivity contribution in [2.75, 3.05) is 6.61 Å². The van der Waals surface area contributed by atoms with Crippen molar-refractivity contribution in [2.24, 2.45) is 17.2 Å². The lowest BCUT2D eigenvalue weighted by atomic mass is 9.68. The number of hydrogen-bond donors (Lipinski definition) is 1. The van der Waals surface area contributed by atoms with Gasteiger partial charge in [0.2, 0.25) is 0 Å². The molecule has 0 radical (unpaired) electrons. The molecule has 0 spiro atoms. The van der Waals surface area contributed by atoms with Crippen molar-refractivity contribution in [3.05, 3.63) is 35.4 Å². The molecule has 112 valence electrons. The van der Waals surface area contributed by atoms with E-state index in [0.717, 1.165) is 18.3 Å². The summed E-state index contributed by atoms with van der Waals surface area (Å²) < 4.78 is 0. The molecule has 1 aliphatic carbocycles. The van der Waals surface area contributed by atoms with Gasteiger partial charge in [-0.05, 0) is 60.5 Å². The largest absolute Gasteiger partial charge is 0.304 e. The molecule has 0 saturated heterocycles. The van der Waals surface area contributed by atoms with Crippen LogP contribution in [0.4, 0.5) is 0 Å². The molecule has 2 rings (SSSR count). The van der Waals surface area contributed by atoms with Gasteiger partial charge in [-0.25, -0.2) is 5.90 Å². The van der Waals surface area contributed by atoms with E-state index in [1.165, 1.54) is 36.8 Å². The Morgan fingerprint density at radius 1 is 1.10 bits per heavy atom. The molecule has 0 bridgehead atoms. The Hall–Kier alpha value is -0.860. The molecule has 20 heavy (non-hydrogen) atoms. The zero-order valence-corrected chi connectivity index (χ0v) is 13.2. The molecule has 1 fully saturated rings. The fourth-order valence-corrected chi connectivity index (χ4v) is 3.60.